The second-order valence-electron chi connectivity index (χ2n) is 3.06. The Kier molecular flexibility index (Phi) is 2.68. The van der Waals surface area contributed by atoms with Gasteiger partial charge in [-0.25, -0.2) is 4.79 Å². The molecule has 2 aromatic rings. The molecule has 0 radical (unpaired) electrons. The van der Waals surface area contributed by atoms with Crippen LogP contribution in [-0.4, -0.2) is 11.1 Å². The molecule has 0 N–H and O–H groups in total. The van der Waals surface area contributed by atoms with Crippen LogP contribution in [0.15, 0.2) is 39.5 Å². The SMILES string of the molecule is O=C(CBr)c1ccc2ccc(=O)oc2c1. The van der Waals surface area contributed by atoms with Crippen LogP contribution in [0.25, 0.3) is 11.0 Å². The van der Waals surface area contributed by atoms with Gasteiger partial charge in [-0.05, 0) is 12.1 Å². The number of hydrogen-bond acceptors (Lipinski definition) is 3. The highest BCUT2D eigenvalue weighted by atomic mass is 79.9. The zero-order chi connectivity index (χ0) is 10.8. The molecule has 0 saturated carbocycles. The average Bonchev–Trinajstić information content (AvgIpc) is 2.27. The number of halogens is 1. The monoisotopic (exact) mass is 266 g/mol. The van der Waals surface area contributed by atoms with E-state index in [1.807, 2.05) is 0 Å². The van der Waals surface area contributed by atoms with Gasteiger partial charge in [-0.2, -0.15) is 0 Å². The van der Waals surface area contributed by atoms with Crippen LogP contribution < -0.4 is 5.63 Å². The molecule has 4 heteroatoms. The van der Waals surface area contributed by atoms with Gasteiger partial charge >= 0.3 is 5.63 Å². The largest absolute Gasteiger partial charge is 0.423 e. The van der Waals surface area contributed by atoms with E-state index in [9.17, 15) is 9.59 Å². The third-order valence-corrected chi connectivity index (χ3v) is 2.58. The van der Waals surface area contributed by atoms with E-state index in [-0.39, 0.29) is 11.1 Å². The molecule has 2 rings (SSSR count). The summed E-state index contributed by atoms with van der Waals surface area (Å²) in [5, 5.41) is 1.07. The highest BCUT2D eigenvalue weighted by Crippen LogP contribution is 2.14. The van der Waals surface area contributed by atoms with Crippen LogP contribution >= 0.6 is 15.9 Å². The minimum Gasteiger partial charge on any atom is -0.423 e. The van der Waals surface area contributed by atoms with Crippen molar-refractivity contribution in [2.75, 3.05) is 5.33 Å². The second-order valence-corrected chi connectivity index (χ2v) is 3.62. The highest BCUT2D eigenvalue weighted by molar-refractivity contribution is 9.09. The van der Waals surface area contributed by atoms with Gasteiger partial charge in [-0.3, -0.25) is 4.79 Å². The molecule has 0 amide bonds. The summed E-state index contributed by atoms with van der Waals surface area (Å²) in [5.74, 6) is -0.0385. The maximum Gasteiger partial charge on any atom is 0.336 e. The van der Waals surface area contributed by atoms with Gasteiger partial charge in [0.25, 0.3) is 0 Å². The van der Waals surface area contributed by atoms with Crippen LogP contribution in [0.5, 0.6) is 0 Å². The van der Waals surface area contributed by atoms with Crippen molar-refractivity contribution in [2.45, 2.75) is 0 Å². The van der Waals surface area contributed by atoms with Crippen molar-refractivity contribution in [3.63, 3.8) is 0 Å². The van der Waals surface area contributed by atoms with Gasteiger partial charge in [0.1, 0.15) is 5.58 Å². The fraction of sp³-hybridized carbons (Fsp3) is 0.0909. The van der Waals surface area contributed by atoms with Crippen molar-refractivity contribution in [2.24, 2.45) is 0 Å². The van der Waals surface area contributed by atoms with E-state index in [1.54, 1.807) is 24.3 Å². The molecule has 1 aromatic carbocycles. The van der Waals surface area contributed by atoms with Gasteiger partial charge in [0.15, 0.2) is 5.78 Å². The van der Waals surface area contributed by atoms with E-state index in [2.05, 4.69) is 15.9 Å². The van der Waals surface area contributed by atoms with Gasteiger partial charge in [0, 0.05) is 17.0 Å². The summed E-state index contributed by atoms with van der Waals surface area (Å²) in [6.45, 7) is 0. The Hall–Kier alpha value is -1.42. The first kappa shape index (κ1) is 10.1. The molecule has 0 unspecified atom stereocenters. The zero-order valence-corrected chi connectivity index (χ0v) is 9.28. The number of Topliss-reactive ketones (excluding diaryl/α,β-unsaturated/α-hetero) is 1. The minimum absolute atomic E-state index is 0.0385. The van der Waals surface area contributed by atoms with E-state index in [0.29, 0.717) is 11.1 Å². The van der Waals surface area contributed by atoms with E-state index in [0.717, 1.165) is 5.39 Å². The lowest BCUT2D eigenvalue weighted by molar-refractivity contribution is 0.102. The Balaban J connectivity index is 2.64. The van der Waals surface area contributed by atoms with Crippen molar-refractivity contribution in [1.82, 2.24) is 0 Å². The minimum atomic E-state index is -0.411. The summed E-state index contributed by atoms with van der Waals surface area (Å²) < 4.78 is 4.97. The number of carbonyl (C=O) groups is 1. The van der Waals surface area contributed by atoms with Crippen molar-refractivity contribution >= 4 is 32.7 Å². The van der Waals surface area contributed by atoms with Gasteiger partial charge in [-0.1, -0.05) is 28.1 Å². The third kappa shape index (κ3) is 1.99. The van der Waals surface area contributed by atoms with Crippen LogP contribution in [0, 0.1) is 0 Å². The Labute approximate surface area is 93.8 Å². The molecule has 1 heterocycles. The Bertz CT molecular complexity index is 571. The molecule has 76 valence electrons. The molecule has 1 aromatic heterocycles. The molecule has 0 spiro atoms. The maximum absolute atomic E-state index is 11.4. The fourth-order valence-electron chi connectivity index (χ4n) is 1.31. The smallest absolute Gasteiger partial charge is 0.336 e. The molecule has 3 nitrogen and oxygen atoms in total. The van der Waals surface area contributed by atoms with Gasteiger partial charge in [-0.15, -0.1) is 0 Å². The van der Waals surface area contributed by atoms with Crippen molar-refractivity contribution < 1.29 is 9.21 Å². The quantitative estimate of drug-likeness (QED) is 0.476. The molecular formula is C11H7BrO3. The third-order valence-electron chi connectivity index (χ3n) is 2.07. The van der Waals surface area contributed by atoms with Crippen LogP contribution in [0.1, 0.15) is 10.4 Å². The number of benzene rings is 1. The number of alkyl halides is 1. The summed E-state index contributed by atoms with van der Waals surface area (Å²) >= 11 is 3.09. The summed E-state index contributed by atoms with van der Waals surface area (Å²) in [5.41, 5.74) is 0.564. The van der Waals surface area contributed by atoms with E-state index in [1.165, 1.54) is 6.07 Å². The lowest BCUT2D eigenvalue weighted by Crippen LogP contribution is -2.00. The summed E-state index contributed by atoms with van der Waals surface area (Å²) in [6.07, 6.45) is 0. The van der Waals surface area contributed by atoms with Gasteiger partial charge in [0.2, 0.25) is 0 Å². The predicted octanol–water partition coefficient (Wildman–Crippen LogP) is 2.37. The predicted molar refractivity (Wildman–Crippen MR) is 60.6 cm³/mol. The Morgan fingerprint density at radius 3 is 2.73 bits per heavy atom. The van der Waals surface area contributed by atoms with Gasteiger partial charge in [0.05, 0.1) is 5.33 Å². The first-order chi connectivity index (χ1) is 7.20. The lowest BCUT2D eigenvalue weighted by atomic mass is 10.1. The average molecular weight is 267 g/mol. The topological polar surface area (TPSA) is 47.3 Å². The van der Waals surface area contributed by atoms with E-state index >= 15 is 0 Å². The summed E-state index contributed by atoms with van der Waals surface area (Å²) in [6, 6.07) is 8.08. The molecule has 0 aliphatic carbocycles. The van der Waals surface area contributed by atoms with Crippen molar-refractivity contribution in [1.29, 1.82) is 0 Å². The van der Waals surface area contributed by atoms with Crippen molar-refractivity contribution in [3.05, 3.63) is 46.3 Å². The second kappa shape index (κ2) is 3.98. The normalized spacial score (nSPS) is 10.5. The number of hydrogen-bond donors (Lipinski definition) is 0. The molecule has 0 bridgehead atoms. The number of rotatable bonds is 2. The summed E-state index contributed by atoms with van der Waals surface area (Å²) in [4.78, 5) is 22.3. The summed E-state index contributed by atoms with van der Waals surface area (Å²) in [7, 11) is 0. The Morgan fingerprint density at radius 1 is 1.27 bits per heavy atom. The number of carbonyl (C=O) groups excluding carboxylic acids is 1. The first-order valence-electron chi connectivity index (χ1n) is 4.34. The molecule has 0 fully saturated rings. The highest BCUT2D eigenvalue weighted by Gasteiger charge is 2.05. The van der Waals surface area contributed by atoms with Gasteiger partial charge < -0.3 is 4.42 Å². The molecule has 0 atom stereocenters. The van der Waals surface area contributed by atoms with Crippen LogP contribution in [0.3, 0.4) is 0 Å². The Morgan fingerprint density at radius 2 is 2.00 bits per heavy atom. The number of fused-ring (bicyclic) bond motifs is 1. The fourth-order valence-corrected chi connectivity index (χ4v) is 1.63. The zero-order valence-electron chi connectivity index (χ0n) is 7.70. The van der Waals surface area contributed by atoms with Crippen molar-refractivity contribution in [3.8, 4) is 0 Å². The molecule has 0 saturated heterocycles. The first-order valence-corrected chi connectivity index (χ1v) is 5.46. The maximum atomic E-state index is 11.4. The van der Waals surface area contributed by atoms with E-state index in [4.69, 9.17) is 4.42 Å². The number of ketones is 1. The molecular weight excluding hydrogens is 260 g/mol. The lowest BCUT2D eigenvalue weighted by Gasteiger charge is -1.99. The molecule has 15 heavy (non-hydrogen) atoms. The van der Waals surface area contributed by atoms with Crippen LogP contribution in [0.2, 0.25) is 0 Å². The van der Waals surface area contributed by atoms with E-state index < -0.39 is 5.63 Å². The molecule has 0 aliphatic heterocycles. The van der Waals surface area contributed by atoms with Crippen LogP contribution in [-0.2, 0) is 0 Å². The molecule has 0 aliphatic rings. The standard InChI is InChI=1S/C11H7BrO3/c12-6-9(13)8-2-1-7-3-4-11(14)15-10(7)5-8/h1-5H,6H2. The van der Waals surface area contributed by atoms with Crippen LogP contribution in [0.4, 0.5) is 0 Å².